The summed E-state index contributed by atoms with van der Waals surface area (Å²) in [6.07, 6.45) is 3.52. The van der Waals surface area contributed by atoms with Gasteiger partial charge in [0.1, 0.15) is 5.82 Å². The molecule has 1 saturated heterocycles. The van der Waals surface area contributed by atoms with Gasteiger partial charge in [-0.3, -0.25) is 14.5 Å². The number of para-hydroxylation sites is 1. The average molecular weight is 555 g/mol. The van der Waals surface area contributed by atoms with Crippen molar-refractivity contribution in [2.45, 2.75) is 13.1 Å². The molecule has 186 valence electrons. The van der Waals surface area contributed by atoms with Gasteiger partial charge in [0.2, 0.25) is 6.79 Å². The number of halogens is 3. The van der Waals surface area contributed by atoms with Crippen LogP contribution < -0.4 is 9.47 Å². The molecule has 10 heteroatoms. The number of rotatable bonds is 5. The van der Waals surface area contributed by atoms with Crippen LogP contribution in [0.4, 0.5) is 9.18 Å². The number of carbonyl (C=O) groups is 2. The third-order valence-corrected chi connectivity index (χ3v) is 7.85. The Balaban J connectivity index is 1.32. The Bertz CT molecular complexity index is 1610. The van der Waals surface area contributed by atoms with E-state index in [1.165, 1.54) is 6.07 Å². The zero-order valence-corrected chi connectivity index (χ0v) is 21.4. The Labute approximate surface area is 225 Å². The fraction of sp³-hybridized carbons (Fsp3) is 0.111. The fourth-order valence-electron chi connectivity index (χ4n) is 4.40. The molecule has 2 aliphatic rings. The number of benzene rings is 3. The lowest BCUT2D eigenvalue weighted by Crippen LogP contribution is -2.27. The predicted octanol–water partition coefficient (Wildman–Crippen LogP) is 7.10. The van der Waals surface area contributed by atoms with Gasteiger partial charge in [0, 0.05) is 44.3 Å². The molecule has 3 aromatic carbocycles. The monoisotopic (exact) mass is 554 g/mol. The van der Waals surface area contributed by atoms with Crippen molar-refractivity contribution in [1.29, 1.82) is 0 Å². The summed E-state index contributed by atoms with van der Waals surface area (Å²) in [7, 11) is 0. The van der Waals surface area contributed by atoms with Gasteiger partial charge in [-0.1, -0.05) is 47.5 Å². The van der Waals surface area contributed by atoms with Gasteiger partial charge in [-0.25, -0.2) is 4.39 Å². The molecule has 4 aromatic rings. The average Bonchev–Trinajstić information content (AvgIpc) is 3.54. The second-order valence-corrected chi connectivity index (χ2v) is 10.3. The number of thioether (sulfide) groups is 1. The molecule has 2 amide bonds. The molecule has 3 heterocycles. The van der Waals surface area contributed by atoms with E-state index in [1.54, 1.807) is 30.3 Å². The van der Waals surface area contributed by atoms with Gasteiger partial charge in [-0.2, -0.15) is 0 Å². The van der Waals surface area contributed by atoms with Crippen LogP contribution in [0.1, 0.15) is 16.7 Å². The maximum atomic E-state index is 14.5. The summed E-state index contributed by atoms with van der Waals surface area (Å²) >= 11 is 13.5. The number of amides is 2. The molecular formula is C27H17Cl2FN2O4S. The van der Waals surface area contributed by atoms with E-state index in [9.17, 15) is 14.0 Å². The van der Waals surface area contributed by atoms with E-state index >= 15 is 0 Å². The molecule has 2 aliphatic heterocycles. The standard InChI is InChI=1S/C27H17Cl2FN2O4S/c28-19-5-3-6-21(30)18(19)13-31-11-15(17-4-1-2-7-22(17)31)9-25-26(33)32(27(34)37-25)12-16-8-23-24(10-20(16)29)36-14-35-23/h1-11H,12-14H2/b25-9+. The van der Waals surface area contributed by atoms with Crippen LogP contribution in [0.25, 0.3) is 17.0 Å². The molecule has 0 spiro atoms. The van der Waals surface area contributed by atoms with Crippen LogP contribution in [0.5, 0.6) is 11.5 Å². The van der Waals surface area contributed by atoms with Crippen LogP contribution in [0, 0.1) is 5.82 Å². The molecule has 0 atom stereocenters. The van der Waals surface area contributed by atoms with Crippen LogP contribution in [-0.4, -0.2) is 27.4 Å². The molecule has 6 nitrogen and oxygen atoms in total. The minimum Gasteiger partial charge on any atom is -0.454 e. The van der Waals surface area contributed by atoms with E-state index in [2.05, 4.69) is 0 Å². The zero-order chi connectivity index (χ0) is 25.7. The maximum absolute atomic E-state index is 14.5. The Morgan fingerprint density at radius 1 is 0.973 bits per heavy atom. The summed E-state index contributed by atoms with van der Waals surface area (Å²) in [6, 6.07) is 15.5. The van der Waals surface area contributed by atoms with Gasteiger partial charge in [-0.15, -0.1) is 0 Å². The fourth-order valence-corrected chi connectivity index (χ4v) is 5.67. The molecule has 0 unspecified atom stereocenters. The van der Waals surface area contributed by atoms with Crippen LogP contribution in [0.3, 0.4) is 0 Å². The number of aromatic nitrogens is 1. The molecule has 0 aliphatic carbocycles. The normalized spacial score (nSPS) is 16.0. The van der Waals surface area contributed by atoms with E-state index in [-0.39, 0.29) is 24.8 Å². The lowest BCUT2D eigenvalue weighted by Gasteiger charge is -2.14. The molecule has 1 aromatic heterocycles. The minimum absolute atomic E-state index is 0.00498. The minimum atomic E-state index is -0.419. The molecule has 37 heavy (non-hydrogen) atoms. The topological polar surface area (TPSA) is 60.8 Å². The summed E-state index contributed by atoms with van der Waals surface area (Å²) in [5.74, 6) is 0.230. The van der Waals surface area contributed by atoms with E-state index in [0.29, 0.717) is 32.7 Å². The van der Waals surface area contributed by atoms with Crippen LogP contribution in [-0.2, 0) is 17.9 Å². The second-order valence-electron chi connectivity index (χ2n) is 8.49. The quantitative estimate of drug-likeness (QED) is 0.246. The number of nitrogens with zero attached hydrogens (tertiary/aromatic N) is 2. The highest BCUT2D eigenvalue weighted by atomic mass is 35.5. The van der Waals surface area contributed by atoms with Crippen LogP contribution >= 0.6 is 35.0 Å². The van der Waals surface area contributed by atoms with Gasteiger partial charge in [0.05, 0.1) is 18.0 Å². The lowest BCUT2D eigenvalue weighted by atomic mass is 10.1. The van der Waals surface area contributed by atoms with Gasteiger partial charge < -0.3 is 14.0 Å². The van der Waals surface area contributed by atoms with Crippen molar-refractivity contribution in [3.8, 4) is 11.5 Å². The van der Waals surface area contributed by atoms with Crippen molar-refractivity contribution >= 4 is 63.1 Å². The van der Waals surface area contributed by atoms with E-state index in [0.717, 1.165) is 33.1 Å². The van der Waals surface area contributed by atoms with Crippen molar-refractivity contribution in [2.24, 2.45) is 0 Å². The number of imide groups is 1. The van der Waals surface area contributed by atoms with Crippen LogP contribution in [0.15, 0.2) is 65.7 Å². The van der Waals surface area contributed by atoms with Gasteiger partial charge in [-0.05, 0) is 47.7 Å². The molecular weight excluding hydrogens is 538 g/mol. The third-order valence-electron chi connectivity index (χ3n) is 6.24. The van der Waals surface area contributed by atoms with Crippen molar-refractivity contribution in [1.82, 2.24) is 9.47 Å². The van der Waals surface area contributed by atoms with E-state index in [1.807, 2.05) is 35.0 Å². The Morgan fingerprint density at radius 3 is 2.57 bits per heavy atom. The van der Waals surface area contributed by atoms with Crippen molar-refractivity contribution in [3.63, 3.8) is 0 Å². The summed E-state index contributed by atoms with van der Waals surface area (Å²) in [5.41, 5.74) is 2.53. The van der Waals surface area contributed by atoms with Gasteiger partial charge in [0.15, 0.2) is 11.5 Å². The highest BCUT2D eigenvalue weighted by molar-refractivity contribution is 8.18. The van der Waals surface area contributed by atoms with E-state index < -0.39 is 17.0 Å². The first kappa shape index (κ1) is 23.9. The summed E-state index contributed by atoms with van der Waals surface area (Å²) < 4.78 is 27.1. The first-order valence-corrected chi connectivity index (χ1v) is 12.8. The maximum Gasteiger partial charge on any atom is 0.293 e. The van der Waals surface area contributed by atoms with Crippen molar-refractivity contribution < 1.29 is 23.5 Å². The number of hydrogen-bond acceptors (Lipinski definition) is 5. The first-order valence-electron chi connectivity index (χ1n) is 11.2. The Morgan fingerprint density at radius 2 is 1.76 bits per heavy atom. The van der Waals surface area contributed by atoms with Crippen molar-refractivity contribution in [2.75, 3.05) is 6.79 Å². The first-order chi connectivity index (χ1) is 17.9. The van der Waals surface area contributed by atoms with Crippen molar-refractivity contribution in [3.05, 3.63) is 98.3 Å². The Kier molecular flexibility index (Phi) is 6.10. The predicted molar refractivity (Wildman–Crippen MR) is 142 cm³/mol. The molecule has 1 fully saturated rings. The number of carbonyl (C=O) groups excluding carboxylic acids is 2. The largest absolute Gasteiger partial charge is 0.454 e. The van der Waals surface area contributed by atoms with Gasteiger partial charge >= 0.3 is 0 Å². The number of fused-ring (bicyclic) bond motifs is 2. The Hall–Kier alpha value is -3.46. The van der Waals surface area contributed by atoms with Crippen LogP contribution in [0.2, 0.25) is 10.0 Å². The smallest absolute Gasteiger partial charge is 0.293 e. The summed E-state index contributed by atoms with van der Waals surface area (Å²) in [5, 5.41) is 1.18. The SMILES string of the molecule is O=C1S/C(=C/c2cn(Cc3c(F)cccc3Cl)c3ccccc23)C(=O)N1Cc1cc2c(cc1Cl)OCO2. The highest BCUT2D eigenvalue weighted by Crippen LogP contribution is 2.40. The number of ether oxygens (including phenoxy) is 2. The lowest BCUT2D eigenvalue weighted by molar-refractivity contribution is -0.123. The zero-order valence-electron chi connectivity index (χ0n) is 19.0. The second kappa shape index (κ2) is 9.45. The molecule has 0 saturated carbocycles. The van der Waals surface area contributed by atoms with E-state index in [4.69, 9.17) is 32.7 Å². The van der Waals surface area contributed by atoms with Gasteiger partial charge in [0.25, 0.3) is 11.1 Å². The number of hydrogen-bond donors (Lipinski definition) is 0. The molecule has 0 N–H and O–H groups in total. The summed E-state index contributed by atoms with van der Waals surface area (Å²) in [6.45, 7) is 0.311. The molecule has 0 radical (unpaired) electrons. The highest BCUT2D eigenvalue weighted by Gasteiger charge is 2.36. The molecule has 6 rings (SSSR count). The molecule has 0 bridgehead atoms. The summed E-state index contributed by atoms with van der Waals surface area (Å²) in [4.78, 5) is 27.5. The third kappa shape index (κ3) is 4.35.